The molecule has 0 fully saturated rings. The van der Waals surface area contributed by atoms with E-state index in [2.05, 4.69) is 14.8 Å². The number of hydrogen-bond acceptors (Lipinski definition) is 10. The van der Waals surface area contributed by atoms with E-state index < -0.39 is 23.8 Å². The second-order valence-electron chi connectivity index (χ2n) is 6.21. The average Bonchev–Trinajstić information content (AvgIpc) is 3.02. The number of aliphatic hydroxyl groups is 1. The van der Waals surface area contributed by atoms with Gasteiger partial charge in [0, 0.05) is 12.1 Å². The third-order valence-electron chi connectivity index (χ3n) is 4.15. The van der Waals surface area contributed by atoms with E-state index in [4.69, 9.17) is 14.6 Å². The van der Waals surface area contributed by atoms with Crippen LogP contribution in [0.5, 0.6) is 11.5 Å². The van der Waals surface area contributed by atoms with E-state index in [1.54, 1.807) is 12.1 Å². The number of methoxy groups -OCH3 is 2. The SMILES string of the molecule is COC(=O)CCOc1ccc(OCCC(=O)OC)c(NC2=CC(=O)N(CCO)C2=O)c1. The van der Waals surface area contributed by atoms with E-state index in [0.717, 1.165) is 11.0 Å². The third-order valence-corrected chi connectivity index (χ3v) is 4.15. The molecule has 31 heavy (non-hydrogen) atoms. The number of carbonyl (C=O) groups is 4. The third kappa shape index (κ3) is 6.71. The van der Waals surface area contributed by atoms with Gasteiger partial charge in [-0.3, -0.25) is 24.1 Å². The number of β-amino-alcohol motifs (C(OH)–C–C–N with tert-alkyl or cyclic N) is 1. The summed E-state index contributed by atoms with van der Waals surface area (Å²) in [5, 5.41) is 11.9. The summed E-state index contributed by atoms with van der Waals surface area (Å²) in [7, 11) is 2.54. The zero-order valence-corrected chi connectivity index (χ0v) is 17.2. The van der Waals surface area contributed by atoms with Gasteiger partial charge in [-0.15, -0.1) is 0 Å². The van der Waals surface area contributed by atoms with Crippen molar-refractivity contribution in [2.45, 2.75) is 12.8 Å². The van der Waals surface area contributed by atoms with Crippen molar-refractivity contribution in [1.29, 1.82) is 0 Å². The molecule has 0 atom stereocenters. The second-order valence-corrected chi connectivity index (χ2v) is 6.21. The molecule has 0 saturated carbocycles. The highest BCUT2D eigenvalue weighted by Gasteiger charge is 2.31. The first-order chi connectivity index (χ1) is 14.9. The number of rotatable bonds is 12. The lowest BCUT2D eigenvalue weighted by Gasteiger charge is -2.16. The molecule has 0 saturated heterocycles. The first-order valence-corrected chi connectivity index (χ1v) is 9.38. The molecule has 1 aliphatic rings. The van der Waals surface area contributed by atoms with Crippen molar-refractivity contribution in [3.8, 4) is 11.5 Å². The average molecular weight is 436 g/mol. The molecule has 0 spiro atoms. The Bertz CT molecular complexity index is 866. The number of benzene rings is 1. The molecule has 0 unspecified atom stereocenters. The summed E-state index contributed by atoms with van der Waals surface area (Å²) in [6, 6.07) is 4.67. The highest BCUT2D eigenvalue weighted by Crippen LogP contribution is 2.31. The number of anilines is 1. The Labute approximate surface area is 178 Å². The van der Waals surface area contributed by atoms with Crippen molar-refractivity contribution < 1.29 is 43.2 Å². The van der Waals surface area contributed by atoms with Gasteiger partial charge >= 0.3 is 11.9 Å². The van der Waals surface area contributed by atoms with Crippen LogP contribution in [0.3, 0.4) is 0 Å². The molecule has 168 valence electrons. The summed E-state index contributed by atoms with van der Waals surface area (Å²) in [5.74, 6) is -1.36. The van der Waals surface area contributed by atoms with Gasteiger partial charge in [-0.2, -0.15) is 0 Å². The summed E-state index contributed by atoms with van der Waals surface area (Å²) in [5.41, 5.74) is 0.293. The summed E-state index contributed by atoms with van der Waals surface area (Å²) < 4.78 is 20.2. The minimum Gasteiger partial charge on any atom is -0.493 e. The Morgan fingerprint density at radius 2 is 1.68 bits per heavy atom. The number of esters is 2. The van der Waals surface area contributed by atoms with Crippen LogP contribution in [0.1, 0.15) is 12.8 Å². The highest BCUT2D eigenvalue weighted by atomic mass is 16.5. The smallest absolute Gasteiger partial charge is 0.308 e. The molecule has 2 N–H and O–H groups in total. The van der Waals surface area contributed by atoms with E-state index in [1.807, 2.05) is 0 Å². The lowest BCUT2D eigenvalue weighted by Crippen LogP contribution is -2.34. The van der Waals surface area contributed by atoms with Crippen LogP contribution in [-0.4, -0.2) is 74.3 Å². The van der Waals surface area contributed by atoms with Crippen LogP contribution in [0, 0.1) is 0 Å². The standard InChI is InChI=1S/C20H24N2O9/c1-28-18(25)5-9-30-13-3-4-16(31-10-6-19(26)29-2)14(11-13)21-15-12-17(24)22(7-8-23)20(15)27/h3-4,11-12,21,23H,5-10H2,1-2H3. The zero-order chi connectivity index (χ0) is 22.8. The predicted molar refractivity (Wildman–Crippen MR) is 106 cm³/mol. The van der Waals surface area contributed by atoms with Gasteiger partial charge in [0.15, 0.2) is 0 Å². The van der Waals surface area contributed by atoms with Gasteiger partial charge in [0.1, 0.15) is 17.2 Å². The Hall–Kier alpha value is -3.60. The van der Waals surface area contributed by atoms with Crippen molar-refractivity contribution in [3.63, 3.8) is 0 Å². The molecule has 11 heteroatoms. The molecule has 11 nitrogen and oxygen atoms in total. The van der Waals surface area contributed by atoms with Gasteiger partial charge in [-0.05, 0) is 12.1 Å². The second kappa shape index (κ2) is 11.6. The largest absolute Gasteiger partial charge is 0.493 e. The van der Waals surface area contributed by atoms with E-state index >= 15 is 0 Å². The van der Waals surface area contributed by atoms with Crippen LogP contribution >= 0.6 is 0 Å². The van der Waals surface area contributed by atoms with Gasteiger partial charge in [-0.1, -0.05) is 0 Å². The summed E-state index contributed by atoms with van der Waals surface area (Å²) in [6.45, 7) is -0.395. The molecular weight excluding hydrogens is 412 g/mol. The quantitative estimate of drug-likeness (QED) is 0.345. The normalized spacial score (nSPS) is 13.0. The number of imide groups is 1. The fourth-order valence-electron chi connectivity index (χ4n) is 2.58. The fraction of sp³-hybridized carbons (Fsp3) is 0.400. The topological polar surface area (TPSA) is 141 Å². The maximum atomic E-state index is 12.4. The van der Waals surface area contributed by atoms with Crippen LogP contribution in [0.25, 0.3) is 0 Å². The highest BCUT2D eigenvalue weighted by molar-refractivity contribution is 6.17. The Balaban J connectivity index is 2.17. The summed E-state index contributed by atoms with van der Waals surface area (Å²) in [4.78, 5) is 47.8. The number of amides is 2. The van der Waals surface area contributed by atoms with Gasteiger partial charge < -0.3 is 29.4 Å². The van der Waals surface area contributed by atoms with Crippen molar-refractivity contribution in [2.24, 2.45) is 0 Å². The molecule has 2 amide bonds. The predicted octanol–water partition coefficient (Wildman–Crippen LogP) is 0.227. The van der Waals surface area contributed by atoms with E-state index in [-0.39, 0.29) is 44.9 Å². The number of nitrogens with one attached hydrogen (secondary N) is 1. The van der Waals surface area contributed by atoms with Gasteiger partial charge in [0.25, 0.3) is 11.8 Å². The lowest BCUT2D eigenvalue weighted by molar-refractivity contribution is -0.142. The number of nitrogens with zero attached hydrogens (tertiary/aromatic N) is 1. The number of aliphatic hydroxyl groups excluding tert-OH is 1. The molecule has 0 bridgehead atoms. The van der Waals surface area contributed by atoms with Crippen molar-refractivity contribution in [1.82, 2.24) is 4.90 Å². The van der Waals surface area contributed by atoms with Crippen LogP contribution < -0.4 is 14.8 Å². The molecule has 0 aliphatic carbocycles. The van der Waals surface area contributed by atoms with Gasteiger partial charge in [0.05, 0.1) is 59.1 Å². The van der Waals surface area contributed by atoms with Crippen LogP contribution in [0.15, 0.2) is 30.0 Å². The van der Waals surface area contributed by atoms with Crippen molar-refractivity contribution >= 4 is 29.4 Å². The lowest BCUT2D eigenvalue weighted by atomic mass is 10.2. The molecule has 1 heterocycles. The maximum Gasteiger partial charge on any atom is 0.308 e. The first kappa shape index (κ1) is 23.7. The van der Waals surface area contributed by atoms with E-state index in [1.165, 1.54) is 20.3 Å². The molecule has 0 radical (unpaired) electrons. The minimum atomic E-state index is -0.600. The number of hydrogen-bond donors (Lipinski definition) is 2. The minimum absolute atomic E-state index is 0.0111. The summed E-state index contributed by atoms with van der Waals surface area (Å²) in [6.07, 6.45) is 1.17. The van der Waals surface area contributed by atoms with Gasteiger partial charge in [0.2, 0.25) is 0 Å². The van der Waals surface area contributed by atoms with E-state index in [0.29, 0.717) is 17.2 Å². The maximum absolute atomic E-state index is 12.4. The summed E-state index contributed by atoms with van der Waals surface area (Å²) >= 11 is 0. The molecule has 2 rings (SSSR count). The Morgan fingerprint density at radius 1 is 1.03 bits per heavy atom. The molecule has 0 aromatic heterocycles. The Morgan fingerprint density at radius 3 is 2.29 bits per heavy atom. The monoisotopic (exact) mass is 436 g/mol. The van der Waals surface area contributed by atoms with Crippen LogP contribution in [0.4, 0.5) is 5.69 Å². The van der Waals surface area contributed by atoms with Crippen LogP contribution in [0.2, 0.25) is 0 Å². The van der Waals surface area contributed by atoms with E-state index in [9.17, 15) is 19.2 Å². The molecule has 1 aromatic rings. The molecule has 1 aromatic carbocycles. The van der Waals surface area contributed by atoms with Crippen molar-refractivity contribution in [3.05, 3.63) is 30.0 Å². The van der Waals surface area contributed by atoms with Crippen molar-refractivity contribution in [2.75, 3.05) is 45.9 Å². The number of carbonyl (C=O) groups excluding carboxylic acids is 4. The first-order valence-electron chi connectivity index (χ1n) is 9.38. The van der Waals surface area contributed by atoms with Gasteiger partial charge in [-0.25, -0.2) is 0 Å². The van der Waals surface area contributed by atoms with Crippen LogP contribution in [-0.2, 0) is 28.7 Å². The zero-order valence-electron chi connectivity index (χ0n) is 17.2. The molecular formula is C20H24N2O9. The molecule has 1 aliphatic heterocycles. The Kier molecular flexibility index (Phi) is 8.82. The fourth-order valence-corrected chi connectivity index (χ4v) is 2.58. The number of ether oxygens (including phenoxy) is 4.